The third-order valence-corrected chi connectivity index (χ3v) is 16.2. The quantitative estimate of drug-likeness (QED) is 0.167. The molecule has 6 aromatic heterocycles. The molecule has 0 bridgehead atoms. The van der Waals surface area contributed by atoms with Gasteiger partial charge in [-0.1, -0.05) is 164 Å². The van der Waals surface area contributed by atoms with Crippen molar-refractivity contribution in [2.75, 3.05) is 0 Å². The van der Waals surface area contributed by atoms with Gasteiger partial charge in [-0.2, -0.15) is 15.0 Å². The number of benzene rings is 10. The first-order chi connectivity index (χ1) is 38.2. The van der Waals surface area contributed by atoms with Crippen LogP contribution in [0.3, 0.4) is 0 Å². The highest BCUT2D eigenvalue weighted by Gasteiger charge is 2.27. The second kappa shape index (κ2) is 16.1. The van der Waals surface area contributed by atoms with E-state index in [-0.39, 0.29) is 0 Å². The van der Waals surface area contributed by atoms with Gasteiger partial charge in [-0.25, -0.2) is 0 Å². The lowest BCUT2D eigenvalue weighted by Gasteiger charge is -2.16. The average Bonchev–Trinajstić information content (AvgIpc) is 4.49. The smallest absolute Gasteiger partial charge is 0.240 e. The van der Waals surface area contributed by atoms with E-state index < -0.39 is 0 Å². The van der Waals surface area contributed by atoms with Crippen LogP contribution in [-0.2, 0) is 0 Å². The van der Waals surface area contributed by atoms with Crippen LogP contribution in [0, 0.1) is 0 Å². The van der Waals surface area contributed by atoms with Crippen LogP contribution in [-0.4, -0.2) is 37.8 Å². The molecule has 77 heavy (non-hydrogen) atoms. The van der Waals surface area contributed by atoms with Gasteiger partial charge < -0.3 is 13.7 Å². The summed E-state index contributed by atoms with van der Waals surface area (Å²) in [5.41, 5.74) is 15.1. The van der Waals surface area contributed by atoms with Crippen LogP contribution >= 0.6 is 0 Å². The van der Waals surface area contributed by atoms with E-state index in [9.17, 15) is 0 Å². The molecule has 0 fully saturated rings. The van der Waals surface area contributed by atoms with E-state index in [0.717, 1.165) is 118 Å². The van der Waals surface area contributed by atoms with Gasteiger partial charge in [0, 0.05) is 76.5 Å². The zero-order valence-corrected chi connectivity index (χ0v) is 41.6. The van der Waals surface area contributed by atoms with Crippen molar-refractivity contribution in [1.29, 1.82) is 0 Å². The maximum Gasteiger partial charge on any atom is 0.240 e. The Morgan fingerprint density at radius 2 is 0.636 bits per heavy atom. The zero-order valence-electron chi connectivity index (χ0n) is 41.6. The third-order valence-electron chi connectivity index (χ3n) is 16.2. The monoisotopic (exact) mass is 984 g/mol. The maximum atomic E-state index is 5.79. The van der Waals surface area contributed by atoms with E-state index in [1.807, 2.05) is 0 Å². The number of nitrogens with zero attached hydrogens (tertiary/aromatic N) is 8. The predicted molar refractivity (Wildman–Crippen MR) is 318 cm³/mol. The lowest BCUT2D eigenvalue weighted by molar-refractivity contribution is 0.893. The number of rotatable bonds is 6. The van der Waals surface area contributed by atoms with Gasteiger partial charge in [-0.15, -0.1) is 0 Å². The zero-order chi connectivity index (χ0) is 50.3. The average molecular weight is 985 g/mol. The third kappa shape index (κ3) is 5.95. The number of aromatic nitrogens is 8. The summed E-state index contributed by atoms with van der Waals surface area (Å²) in [6.07, 6.45) is 8.94. The largest absolute Gasteiger partial charge is 0.309 e. The molecule has 1 aliphatic carbocycles. The predicted octanol–water partition coefficient (Wildman–Crippen LogP) is 17.2. The molecule has 8 nitrogen and oxygen atoms in total. The molecule has 6 heterocycles. The molecule has 17 rings (SSSR count). The van der Waals surface area contributed by atoms with Crippen molar-refractivity contribution < 1.29 is 0 Å². The molecule has 0 radical (unpaired) electrons. The van der Waals surface area contributed by atoms with Crippen LogP contribution < -0.4 is 0 Å². The molecule has 0 saturated heterocycles. The molecule has 0 N–H and O–H groups in total. The minimum atomic E-state index is 0.525. The molecule has 0 atom stereocenters. The van der Waals surface area contributed by atoms with Gasteiger partial charge in [0.1, 0.15) is 0 Å². The number of allylic oxidation sites excluding steroid dienone is 4. The van der Waals surface area contributed by atoms with E-state index in [2.05, 4.69) is 266 Å². The van der Waals surface area contributed by atoms with Crippen LogP contribution in [0.15, 0.2) is 243 Å². The maximum absolute atomic E-state index is 5.79. The first kappa shape index (κ1) is 42.1. The molecule has 360 valence electrons. The highest BCUT2D eigenvalue weighted by molar-refractivity contribution is 6.25. The van der Waals surface area contributed by atoms with Crippen molar-refractivity contribution in [3.63, 3.8) is 0 Å². The summed E-state index contributed by atoms with van der Waals surface area (Å²) in [5, 5.41) is 11.6. The molecule has 0 unspecified atom stereocenters. The summed E-state index contributed by atoms with van der Waals surface area (Å²) < 4.78 is 11.8. The minimum Gasteiger partial charge on any atom is -0.309 e. The van der Waals surface area contributed by atoms with Crippen molar-refractivity contribution in [1.82, 2.24) is 37.8 Å². The standard InChI is InChI=1S/C69H44N8/c1-3-19-44(20-4-1)74-59-31-15-9-25-49(59)53-39-41-55-51-27-11-17-33-61(51)76(65(55)63(53)74)68-70-67(43-35-37-46(38-36-43)73-57-29-13-7-23-47(57)48-24-8-14-30-58(48)73)71-69(72-68)77-62-34-18-12-28-52(62)56-42-40-54-50-26-10-16-32-60(50)75(64(54)66(56)77)45-21-5-2-6-22-45/h1,3-5,7-42H,2,6H2. The van der Waals surface area contributed by atoms with Crippen LogP contribution in [0.5, 0.6) is 0 Å². The van der Waals surface area contributed by atoms with Crippen molar-refractivity contribution >= 4 is 115 Å². The van der Waals surface area contributed by atoms with Gasteiger partial charge in [0.2, 0.25) is 11.9 Å². The van der Waals surface area contributed by atoms with Crippen molar-refractivity contribution in [3.8, 4) is 34.7 Å². The summed E-state index contributed by atoms with van der Waals surface area (Å²) in [5.74, 6) is 1.62. The molecule has 1 aliphatic rings. The molecule has 0 amide bonds. The van der Waals surface area contributed by atoms with Gasteiger partial charge in [0.15, 0.2) is 5.82 Å². The summed E-state index contributed by atoms with van der Waals surface area (Å²) >= 11 is 0. The van der Waals surface area contributed by atoms with Gasteiger partial charge in [0.05, 0.1) is 55.2 Å². The van der Waals surface area contributed by atoms with Crippen molar-refractivity contribution in [3.05, 3.63) is 243 Å². The van der Waals surface area contributed by atoms with E-state index in [0.29, 0.717) is 17.7 Å². The fourth-order valence-corrected chi connectivity index (χ4v) is 12.9. The number of hydrogen-bond donors (Lipinski definition) is 0. The molecular weight excluding hydrogens is 941 g/mol. The summed E-state index contributed by atoms with van der Waals surface area (Å²) in [4.78, 5) is 17.1. The van der Waals surface area contributed by atoms with Gasteiger partial charge >= 0.3 is 0 Å². The summed E-state index contributed by atoms with van der Waals surface area (Å²) in [7, 11) is 0. The molecule has 0 saturated carbocycles. The van der Waals surface area contributed by atoms with E-state index in [1.54, 1.807) is 0 Å². The summed E-state index contributed by atoms with van der Waals surface area (Å²) in [6, 6.07) is 80.8. The fourth-order valence-electron chi connectivity index (χ4n) is 12.9. The first-order valence-corrected chi connectivity index (χ1v) is 26.4. The SMILES string of the molecule is C1=CC(n2c3ccccc3c3ccc4c5ccccc5n(-c5nc(-c6ccc(-n7c8ccccc8c8ccccc87)cc6)nc(-n6c7ccccc7c7ccc8c9ccccc9n(-c9ccccc9)c8c76)n5)c4c32)=CCC1. The Balaban J connectivity index is 1.01. The van der Waals surface area contributed by atoms with Crippen LogP contribution in [0.2, 0.25) is 0 Å². The highest BCUT2D eigenvalue weighted by atomic mass is 15.3. The lowest BCUT2D eigenvalue weighted by atomic mass is 10.1. The van der Waals surface area contributed by atoms with Gasteiger partial charge in [-0.05, 0) is 91.7 Å². The number of hydrogen-bond acceptors (Lipinski definition) is 3. The Labute approximate surface area is 440 Å². The topological polar surface area (TPSA) is 63.3 Å². The van der Waals surface area contributed by atoms with E-state index in [1.165, 1.54) is 26.9 Å². The summed E-state index contributed by atoms with van der Waals surface area (Å²) in [6.45, 7) is 0. The molecule has 8 heteroatoms. The molecule has 0 aliphatic heterocycles. The molecule has 10 aromatic carbocycles. The van der Waals surface area contributed by atoms with Crippen molar-refractivity contribution in [2.45, 2.75) is 12.8 Å². The van der Waals surface area contributed by atoms with Crippen LogP contribution in [0.25, 0.3) is 149 Å². The molecular formula is C69H44N8. The van der Waals surface area contributed by atoms with Crippen LogP contribution in [0.4, 0.5) is 0 Å². The Kier molecular flexibility index (Phi) is 8.80. The minimum absolute atomic E-state index is 0.525. The Morgan fingerprint density at radius 1 is 0.273 bits per heavy atom. The van der Waals surface area contributed by atoms with Gasteiger partial charge in [-0.3, -0.25) is 9.13 Å². The Morgan fingerprint density at radius 3 is 1.09 bits per heavy atom. The Hall–Kier alpha value is -10.3. The second-order valence-electron chi connectivity index (χ2n) is 20.2. The number of para-hydroxylation sites is 7. The second-order valence-corrected chi connectivity index (χ2v) is 20.2. The van der Waals surface area contributed by atoms with Crippen molar-refractivity contribution in [2.24, 2.45) is 0 Å². The fraction of sp³-hybridized carbons (Fsp3) is 0.0290. The molecule has 16 aromatic rings. The molecule has 0 spiro atoms. The lowest BCUT2D eigenvalue weighted by Crippen LogP contribution is -2.11. The number of fused-ring (bicyclic) bond motifs is 17. The van der Waals surface area contributed by atoms with E-state index in [4.69, 9.17) is 15.0 Å². The normalized spacial score (nSPS) is 13.1. The van der Waals surface area contributed by atoms with Gasteiger partial charge in [0.25, 0.3) is 0 Å². The van der Waals surface area contributed by atoms with E-state index >= 15 is 0 Å². The highest BCUT2D eigenvalue weighted by Crippen LogP contribution is 2.45. The first-order valence-electron chi connectivity index (χ1n) is 26.4. The Bertz CT molecular complexity index is 5160. The van der Waals surface area contributed by atoms with Crippen LogP contribution in [0.1, 0.15) is 12.8 Å².